The molecule has 0 amide bonds. The average molecular weight is 435 g/mol. The number of hydrogen-bond donors (Lipinski definition) is 0. The van der Waals surface area contributed by atoms with E-state index >= 15 is 0 Å². The van der Waals surface area contributed by atoms with Crippen LogP contribution in [0.2, 0.25) is 0 Å². The molecule has 0 aromatic heterocycles. The largest absolute Gasteiger partial charge is 0.496 e. The highest BCUT2D eigenvalue weighted by atomic mass is 16.5. The van der Waals surface area contributed by atoms with Crippen molar-refractivity contribution in [2.75, 3.05) is 13.7 Å². The minimum Gasteiger partial charge on any atom is -0.496 e. The molecule has 4 aromatic rings. The molecule has 0 bridgehead atoms. The standard InChI is InChI=1S/C31H30O2/c1-5-18-33-30-17-15-24(20-22(30)3)31(23-14-16-29(32-4)21(2)19-23)27-12-8-6-10-25(27)26-11-7-9-13-28(26)31/h6-17,19-20H,5,18H2,1-4H3. The highest BCUT2D eigenvalue weighted by Gasteiger charge is 2.46. The van der Waals surface area contributed by atoms with Gasteiger partial charge in [0.15, 0.2) is 0 Å². The molecule has 0 heterocycles. The van der Waals surface area contributed by atoms with Gasteiger partial charge in [0.05, 0.1) is 19.1 Å². The lowest BCUT2D eigenvalue weighted by atomic mass is 9.67. The molecule has 1 aliphatic rings. The summed E-state index contributed by atoms with van der Waals surface area (Å²) >= 11 is 0. The summed E-state index contributed by atoms with van der Waals surface area (Å²) in [5.41, 5.74) is 9.62. The van der Waals surface area contributed by atoms with Crippen LogP contribution in [0.1, 0.15) is 46.7 Å². The topological polar surface area (TPSA) is 18.5 Å². The summed E-state index contributed by atoms with van der Waals surface area (Å²) in [5, 5.41) is 0. The fourth-order valence-corrected chi connectivity index (χ4v) is 5.39. The monoisotopic (exact) mass is 434 g/mol. The van der Waals surface area contributed by atoms with Crippen molar-refractivity contribution in [1.82, 2.24) is 0 Å². The van der Waals surface area contributed by atoms with E-state index in [2.05, 4.69) is 106 Å². The maximum Gasteiger partial charge on any atom is 0.122 e. The molecule has 5 rings (SSSR count). The number of ether oxygens (including phenoxy) is 2. The maximum absolute atomic E-state index is 6.01. The number of methoxy groups -OCH3 is 1. The van der Waals surface area contributed by atoms with E-state index in [0.29, 0.717) is 0 Å². The third kappa shape index (κ3) is 3.24. The van der Waals surface area contributed by atoms with Gasteiger partial charge in [-0.25, -0.2) is 0 Å². The molecule has 1 aliphatic carbocycles. The van der Waals surface area contributed by atoms with Gasteiger partial charge in [-0.1, -0.05) is 79.7 Å². The molecule has 0 radical (unpaired) electrons. The normalized spacial score (nSPS) is 13.3. The van der Waals surface area contributed by atoms with E-state index in [-0.39, 0.29) is 0 Å². The van der Waals surface area contributed by atoms with Crippen LogP contribution >= 0.6 is 0 Å². The van der Waals surface area contributed by atoms with Gasteiger partial charge >= 0.3 is 0 Å². The first-order valence-corrected chi connectivity index (χ1v) is 11.7. The van der Waals surface area contributed by atoms with Gasteiger partial charge in [-0.05, 0) is 76.9 Å². The van der Waals surface area contributed by atoms with E-state index in [1.54, 1.807) is 7.11 Å². The van der Waals surface area contributed by atoms with E-state index in [4.69, 9.17) is 9.47 Å². The second-order valence-electron chi connectivity index (χ2n) is 8.85. The van der Waals surface area contributed by atoms with Gasteiger partial charge in [-0.15, -0.1) is 0 Å². The van der Waals surface area contributed by atoms with Crippen molar-refractivity contribution in [2.24, 2.45) is 0 Å². The molecule has 0 saturated carbocycles. The minimum absolute atomic E-state index is 0.404. The molecule has 0 atom stereocenters. The van der Waals surface area contributed by atoms with Gasteiger partial charge < -0.3 is 9.47 Å². The Balaban J connectivity index is 1.84. The van der Waals surface area contributed by atoms with E-state index in [1.165, 1.54) is 33.4 Å². The van der Waals surface area contributed by atoms with Crippen LogP contribution in [0.5, 0.6) is 11.5 Å². The molecule has 33 heavy (non-hydrogen) atoms. The molecule has 166 valence electrons. The Kier molecular flexibility index (Phi) is 5.46. The molecule has 0 fully saturated rings. The Morgan fingerprint density at radius 2 is 1.18 bits per heavy atom. The Morgan fingerprint density at radius 1 is 0.667 bits per heavy atom. The summed E-state index contributed by atoms with van der Waals surface area (Å²) in [6.07, 6.45) is 0.997. The van der Waals surface area contributed by atoms with E-state index < -0.39 is 5.41 Å². The quantitative estimate of drug-likeness (QED) is 0.276. The first-order chi connectivity index (χ1) is 16.1. The maximum atomic E-state index is 6.01. The fraction of sp³-hybridized carbons (Fsp3) is 0.226. The molecule has 4 aromatic carbocycles. The summed E-state index contributed by atoms with van der Waals surface area (Å²) in [4.78, 5) is 0. The van der Waals surface area contributed by atoms with Crippen molar-refractivity contribution in [3.63, 3.8) is 0 Å². The van der Waals surface area contributed by atoms with Gasteiger partial charge in [0.1, 0.15) is 11.5 Å². The summed E-state index contributed by atoms with van der Waals surface area (Å²) in [7, 11) is 1.73. The number of rotatable bonds is 6. The zero-order valence-corrected chi connectivity index (χ0v) is 19.8. The molecular formula is C31H30O2. The molecule has 0 saturated heterocycles. The van der Waals surface area contributed by atoms with Crippen LogP contribution in [0.3, 0.4) is 0 Å². The second kappa shape index (κ2) is 8.44. The van der Waals surface area contributed by atoms with Crippen molar-refractivity contribution < 1.29 is 9.47 Å². The van der Waals surface area contributed by atoms with Crippen molar-refractivity contribution in [3.05, 3.63) is 118 Å². The summed E-state index contributed by atoms with van der Waals surface area (Å²) < 4.78 is 11.6. The average Bonchev–Trinajstić information content (AvgIpc) is 3.14. The number of aryl methyl sites for hydroxylation is 2. The van der Waals surface area contributed by atoms with E-state index in [0.717, 1.165) is 35.7 Å². The van der Waals surface area contributed by atoms with Crippen LogP contribution in [-0.4, -0.2) is 13.7 Å². The van der Waals surface area contributed by atoms with Crippen LogP contribution in [0.25, 0.3) is 11.1 Å². The Bertz CT molecular complexity index is 1270. The van der Waals surface area contributed by atoms with Crippen LogP contribution in [0.4, 0.5) is 0 Å². The van der Waals surface area contributed by atoms with Gasteiger partial charge in [0.2, 0.25) is 0 Å². The zero-order valence-electron chi connectivity index (χ0n) is 19.8. The number of fused-ring (bicyclic) bond motifs is 3. The van der Waals surface area contributed by atoms with Crippen molar-refractivity contribution in [1.29, 1.82) is 0 Å². The highest BCUT2D eigenvalue weighted by Crippen LogP contribution is 2.56. The van der Waals surface area contributed by atoms with Gasteiger partial charge in [-0.2, -0.15) is 0 Å². The number of benzene rings is 4. The summed E-state index contributed by atoms with van der Waals surface area (Å²) in [6, 6.07) is 30.9. The lowest BCUT2D eigenvalue weighted by molar-refractivity contribution is 0.315. The predicted molar refractivity (Wildman–Crippen MR) is 136 cm³/mol. The van der Waals surface area contributed by atoms with Crippen molar-refractivity contribution in [3.8, 4) is 22.6 Å². The predicted octanol–water partition coefficient (Wildman–Crippen LogP) is 7.46. The molecule has 0 unspecified atom stereocenters. The van der Waals surface area contributed by atoms with Gasteiger partial charge in [0, 0.05) is 0 Å². The first-order valence-electron chi connectivity index (χ1n) is 11.7. The SMILES string of the molecule is CCCOc1ccc(C2(c3ccc(OC)c(C)c3)c3ccccc3-c3ccccc32)cc1C. The third-order valence-electron chi connectivity index (χ3n) is 6.85. The summed E-state index contributed by atoms with van der Waals surface area (Å²) in [5.74, 6) is 1.87. The van der Waals surface area contributed by atoms with E-state index in [1.807, 2.05) is 0 Å². The smallest absolute Gasteiger partial charge is 0.122 e. The zero-order chi connectivity index (χ0) is 23.0. The second-order valence-corrected chi connectivity index (χ2v) is 8.85. The molecule has 0 aliphatic heterocycles. The van der Waals surface area contributed by atoms with Crippen LogP contribution in [0.15, 0.2) is 84.9 Å². The Labute approximate surface area is 196 Å². The van der Waals surface area contributed by atoms with Crippen molar-refractivity contribution in [2.45, 2.75) is 32.6 Å². The minimum atomic E-state index is -0.404. The molecule has 0 N–H and O–H groups in total. The molecule has 2 heteroatoms. The molecule has 2 nitrogen and oxygen atoms in total. The van der Waals surface area contributed by atoms with Crippen LogP contribution in [-0.2, 0) is 5.41 Å². The Morgan fingerprint density at radius 3 is 1.67 bits per heavy atom. The van der Waals surface area contributed by atoms with E-state index in [9.17, 15) is 0 Å². The molecular weight excluding hydrogens is 404 g/mol. The fourth-order valence-electron chi connectivity index (χ4n) is 5.39. The molecule has 0 spiro atoms. The van der Waals surface area contributed by atoms with Crippen LogP contribution < -0.4 is 9.47 Å². The van der Waals surface area contributed by atoms with Gasteiger partial charge in [-0.3, -0.25) is 0 Å². The first kappa shape index (κ1) is 21.3. The number of hydrogen-bond acceptors (Lipinski definition) is 2. The van der Waals surface area contributed by atoms with Crippen molar-refractivity contribution >= 4 is 0 Å². The van der Waals surface area contributed by atoms with Crippen LogP contribution in [0, 0.1) is 13.8 Å². The van der Waals surface area contributed by atoms with Gasteiger partial charge in [0.25, 0.3) is 0 Å². The summed E-state index contributed by atoms with van der Waals surface area (Å²) in [6.45, 7) is 7.13. The third-order valence-corrected chi connectivity index (χ3v) is 6.85. The lowest BCUT2D eigenvalue weighted by Crippen LogP contribution is -2.29. The highest BCUT2D eigenvalue weighted by molar-refractivity contribution is 5.86. The lowest BCUT2D eigenvalue weighted by Gasteiger charge is -2.34. The Hall–Kier alpha value is -3.52.